The lowest BCUT2D eigenvalue weighted by Gasteiger charge is -2.37. The van der Waals surface area contributed by atoms with Gasteiger partial charge in [-0.1, -0.05) is 25.4 Å². The summed E-state index contributed by atoms with van der Waals surface area (Å²) in [7, 11) is 0. The van der Waals surface area contributed by atoms with Gasteiger partial charge in [-0.15, -0.1) is 0 Å². The average Bonchev–Trinajstić information content (AvgIpc) is 3.21. The van der Waals surface area contributed by atoms with Crippen molar-refractivity contribution in [1.82, 2.24) is 15.0 Å². The van der Waals surface area contributed by atoms with E-state index in [1.54, 1.807) is 11.0 Å². The molecule has 2 aliphatic heterocycles. The third-order valence-electron chi connectivity index (χ3n) is 5.47. The van der Waals surface area contributed by atoms with E-state index in [2.05, 4.69) is 25.9 Å². The second kappa shape index (κ2) is 7.68. The van der Waals surface area contributed by atoms with Gasteiger partial charge in [0.2, 0.25) is 0 Å². The molecule has 0 aromatic carbocycles. The minimum Gasteiger partial charge on any atom is -0.441 e. The van der Waals surface area contributed by atoms with Crippen LogP contribution in [0.1, 0.15) is 69.1 Å². The second-order valence-corrected chi connectivity index (χ2v) is 7.54. The highest BCUT2D eigenvalue weighted by Crippen LogP contribution is 2.35. The average molecular weight is 363 g/mol. The zero-order valence-corrected chi connectivity index (χ0v) is 16.0. The van der Waals surface area contributed by atoms with Crippen LogP contribution in [0.3, 0.4) is 0 Å². The summed E-state index contributed by atoms with van der Waals surface area (Å²) in [6.07, 6.45) is 4.86. The van der Waals surface area contributed by atoms with Crippen molar-refractivity contribution in [3.63, 3.8) is 0 Å². The Bertz CT molecular complexity index is 649. The highest BCUT2D eigenvalue weighted by Gasteiger charge is 2.48. The lowest BCUT2D eigenvalue weighted by Crippen LogP contribution is -2.49. The van der Waals surface area contributed by atoms with Gasteiger partial charge in [-0.3, -0.25) is 4.79 Å². The van der Waals surface area contributed by atoms with Gasteiger partial charge >= 0.3 is 6.09 Å². The van der Waals surface area contributed by atoms with Gasteiger partial charge in [0.05, 0.1) is 6.54 Å². The largest absolute Gasteiger partial charge is 0.441 e. The maximum Gasteiger partial charge on any atom is 0.410 e. The Morgan fingerprint density at radius 3 is 2.69 bits per heavy atom. The predicted octanol–water partition coefficient (Wildman–Crippen LogP) is 3.24. The van der Waals surface area contributed by atoms with E-state index >= 15 is 0 Å². The molecule has 7 heteroatoms. The lowest BCUT2D eigenvalue weighted by atomic mass is 9.90. The molecule has 0 bridgehead atoms. The summed E-state index contributed by atoms with van der Waals surface area (Å²) < 4.78 is 11.0. The molecule has 1 atom stereocenters. The van der Waals surface area contributed by atoms with Crippen LogP contribution < -0.4 is 0 Å². The molecule has 2 fully saturated rings. The van der Waals surface area contributed by atoms with Gasteiger partial charge in [-0.25, -0.2) is 4.79 Å². The molecule has 0 unspecified atom stereocenters. The van der Waals surface area contributed by atoms with E-state index in [0.29, 0.717) is 38.2 Å². The molecule has 2 saturated heterocycles. The zero-order chi connectivity index (χ0) is 18.7. The third kappa shape index (κ3) is 3.71. The van der Waals surface area contributed by atoms with Crippen LogP contribution >= 0.6 is 0 Å². The number of aromatic nitrogens is 1. The molecule has 0 saturated carbocycles. The fourth-order valence-corrected chi connectivity index (χ4v) is 3.88. The van der Waals surface area contributed by atoms with Gasteiger partial charge < -0.3 is 19.1 Å². The maximum atomic E-state index is 12.6. The Morgan fingerprint density at radius 1 is 1.31 bits per heavy atom. The molecule has 2 aliphatic rings. The molecular formula is C19H29N3O4. The number of hydrogen-bond donors (Lipinski definition) is 0. The van der Waals surface area contributed by atoms with Crippen molar-refractivity contribution in [3.05, 3.63) is 17.5 Å². The van der Waals surface area contributed by atoms with Gasteiger partial charge in [-0.2, -0.15) is 0 Å². The summed E-state index contributed by atoms with van der Waals surface area (Å²) in [6, 6.07) is 1.93. The number of rotatable bonds is 6. The van der Waals surface area contributed by atoms with Gasteiger partial charge in [0, 0.05) is 44.5 Å². The quantitative estimate of drug-likeness (QED) is 0.775. The molecule has 3 rings (SSSR count). The number of aryl methyl sites for hydroxylation is 1. The standard InChI is InChI=1S/C19H29N3O4/c1-4-6-14(3)22-13-19(25-18(22)24)8-10-21(11-9-19)17(23)16-12-15(7-5-2)26-20-16/h12,14H,4-11,13H2,1-3H3/t14-/m0/s1. The summed E-state index contributed by atoms with van der Waals surface area (Å²) in [6.45, 7) is 8.01. The van der Waals surface area contributed by atoms with Crippen molar-refractivity contribution >= 4 is 12.0 Å². The van der Waals surface area contributed by atoms with Crippen LogP contribution in [-0.4, -0.2) is 58.2 Å². The molecule has 3 heterocycles. The Kier molecular flexibility index (Phi) is 5.53. The molecule has 1 aromatic rings. The van der Waals surface area contributed by atoms with Crippen LogP contribution in [0.2, 0.25) is 0 Å². The molecule has 0 N–H and O–H groups in total. The van der Waals surface area contributed by atoms with Crippen molar-refractivity contribution in [2.24, 2.45) is 0 Å². The van der Waals surface area contributed by atoms with Crippen LogP contribution in [-0.2, 0) is 11.2 Å². The highest BCUT2D eigenvalue weighted by atomic mass is 16.6. The van der Waals surface area contributed by atoms with Crippen LogP contribution in [0, 0.1) is 0 Å². The van der Waals surface area contributed by atoms with Gasteiger partial charge in [0.15, 0.2) is 5.69 Å². The fraction of sp³-hybridized carbons (Fsp3) is 0.737. The minimum absolute atomic E-state index is 0.105. The number of carbonyl (C=O) groups excluding carboxylic acids is 2. The topological polar surface area (TPSA) is 75.9 Å². The normalized spacial score (nSPS) is 20.5. The summed E-state index contributed by atoms with van der Waals surface area (Å²) in [5.74, 6) is 0.640. The number of piperidine rings is 1. The first-order valence-electron chi connectivity index (χ1n) is 9.72. The molecule has 144 valence electrons. The van der Waals surface area contributed by atoms with E-state index in [0.717, 1.165) is 31.4 Å². The number of amides is 2. The number of ether oxygens (including phenoxy) is 1. The molecule has 0 radical (unpaired) electrons. The van der Waals surface area contributed by atoms with Crippen molar-refractivity contribution in [1.29, 1.82) is 0 Å². The Balaban J connectivity index is 1.58. The monoisotopic (exact) mass is 363 g/mol. The van der Waals surface area contributed by atoms with Gasteiger partial charge in [0.25, 0.3) is 5.91 Å². The molecule has 1 aromatic heterocycles. The number of carbonyl (C=O) groups is 2. The minimum atomic E-state index is -0.451. The summed E-state index contributed by atoms with van der Waals surface area (Å²) in [4.78, 5) is 28.5. The van der Waals surface area contributed by atoms with Crippen LogP contribution in [0.5, 0.6) is 0 Å². The Labute approximate surface area is 154 Å². The number of nitrogens with zero attached hydrogens (tertiary/aromatic N) is 3. The first kappa shape index (κ1) is 18.7. The Hall–Kier alpha value is -2.05. The van der Waals surface area contributed by atoms with E-state index in [1.807, 2.05) is 4.90 Å². The number of likely N-dealkylation sites (tertiary alicyclic amines) is 1. The van der Waals surface area contributed by atoms with Crippen molar-refractivity contribution in [3.8, 4) is 0 Å². The number of hydrogen-bond acceptors (Lipinski definition) is 5. The zero-order valence-electron chi connectivity index (χ0n) is 16.0. The fourth-order valence-electron chi connectivity index (χ4n) is 3.88. The van der Waals surface area contributed by atoms with E-state index in [1.165, 1.54) is 0 Å². The van der Waals surface area contributed by atoms with Crippen LogP contribution in [0.15, 0.2) is 10.6 Å². The van der Waals surface area contributed by atoms with E-state index in [9.17, 15) is 9.59 Å². The van der Waals surface area contributed by atoms with E-state index < -0.39 is 5.60 Å². The summed E-state index contributed by atoms with van der Waals surface area (Å²) in [5.41, 5.74) is -0.0847. The molecule has 2 amide bonds. The molecule has 7 nitrogen and oxygen atoms in total. The van der Waals surface area contributed by atoms with Crippen LogP contribution in [0.4, 0.5) is 4.79 Å². The summed E-state index contributed by atoms with van der Waals surface area (Å²) >= 11 is 0. The smallest absolute Gasteiger partial charge is 0.410 e. The summed E-state index contributed by atoms with van der Waals surface area (Å²) in [5, 5.41) is 3.91. The van der Waals surface area contributed by atoms with Crippen molar-refractivity contribution < 1.29 is 18.8 Å². The molecule has 0 aliphatic carbocycles. The Morgan fingerprint density at radius 2 is 2.04 bits per heavy atom. The molecule has 1 spiro atoms. The van der Waals surface area contributed by atoms with Crippen LogP contribution in [0.25, 0.3) is 0 Å². The predicted molar refractivity (Wildman–Crippen MR) is 95.9 cm³/mol. The van der Waals surface area contributed by atoms with Crippen molar-refractivity contribution in [2.45, 2.75) is 70.9 Å². The van der Waals surface area contributed by atoms with Gasteiger partial charge in [0.1, 0.15) is 11.4 Å². The molecule has 26 heavy (non-hydrogen) atoms. The lowest BCUT2D eigenvalue weighted by molar-refractivity contribution is 0.00280. The second-order valence-electron chi connectivity index (χ2n) is 7.54. The first-order chi connectivity index (χ1) is 12.5. The van der Waals surface area contributed by atoms with Gasteiger partial charge in [-0.05, 0) is 19.8 Å². The first-order valence-corrected chi connectivity index (χ1v) is 9.72. The maximum absolute atomic E-state index is 12.6. The molecular weight excluding hydrogens is 334 g/mol. The highest BCUT2D eigenvalue weighted by molar-refractivity contribution is 5.92. The SMILES string of the molecule is CCCc1cc(C(=O)N2CCC3(CC2)CN([C@@H](C)CCC)C(=O)O3)no1. The van der Waals surface area contributed by atoms with E-state index in [4.69, 9.17) is 9.26 Å². The van der Waals surface area contributed by atoms with E-state index in [-0.39, 0.29) is 18.0 Å². The van der Waals surface area contributed by atoms with Crippen molar-refractivity contribution in [2.75, 3.05) is 19.6 Å². The third-order valence-corrected chi connectivity index (χ3v) is 5.47.